The molecule has 0 saturated heterocycles. The molecular formula is C14H15NO3. The molecule has 2 N–H and O–H groups in total. The maximum atomic E-state index is 12.0. The van der Waals surface area contributed by atoms with E-state index in [0.29, 0.717) is 23.4 Å². The van der Waals surface area contributed by atoms with Crippen molar-refractivity contribution in [3.8, 4) is 5.75 Å². The van der Waals surface area contributed by atoms with Crippen molar-refractivity contribution in [1.82, 2.24) is 0 Å². The fourth-order valence-corrected chi connectivity index (χ4v) is 1.75. The molecule has 1 heterocycles. The van der Waals surface area contributed by atoms with Gasteiger partial charge in [0.2, 0.25) is 0 Å². The van der Waals surface area contributed by atoms with Crippen molar-refractivity contribution < 1.29 is 14.3 Å². The molecule has 0 unspecified atom stereocenters. The Morgan fingerprint density at radius 2 is 2.17 bits per heavy atom. The lowest BCUT2D eigenvalue weighted by atomic mass is 10.1. The van der Waals surface area contributed by atoms with Crippen LogP contribution in [0, 0.1) is 6.92 Å². The monoisotopic (exact) mass is 245 g/mol. The first-order valence-electron chi connectivity index (χ1n) is 5.79. The highest BCUT2D eigenvalue weighted by Gasteiger charge is 2.13. The summed E-state index contributed by atoms with van der Waals surface area (Å²) in [6.07, 6.45) is 2.18. The molecule has 1 aromatic carbocycles. The average molecular weight is 245 g/mol. The molecule has 1 aromatic heterocycles. The minimum atomic E-state index is -0.203. The van der Waals surface area contributed by atoms with E-state index in [-0.39, 0.29) is 11.7 Å². The number of nitrogens with one attached hydrogen (secondary N) is 1. The number of phenols is 1. The molecule has 0 radical (unpaired) electrons. The Morgan fingerprint density at radius 3 is 2.83 bits per heavy atom. The van der Waals surface area contributed by atoms with Gasteiger partial charge in [-0.3, -0.25) is 4.79 Å². The van der Waals surface area contributed by atoms with Gasteiger partial charge in [0.15, 0.2) is 0 Å². The summed E-state index contributed by atoms with van der Waals surface area (Å²) in [4.78, 5) is 12.0. The van der Waals surface area contributed by atoms with Gasteiger partial charge in [0.05, 0.1) is 11.8 Å². The van der Waals surface area contributed by atoms with Crippen LogP contribution in [0.5, 0.6) is 5.75 Å². The van der Waals surface area contributed by atoms with Crippen LogP contribution >= 0.6 is 0 Å². The minimum Gasteiger partial charge on any atom is -0.508 e. The van der Waals surface area contributed by atoms with Gasteiger partial charge in [-0.2, -0.15) is 0 Å². The van der Waals surface area contributed by atoms with Crippen molar-refractivity contribution >= 4 is 11.6 Å². The summed E-state index contributed by atoms with van der Waals surface area (Å²) in [5.74, 6) is 0.680. The van der Waals surface area contributed by atoms with E-state index in [2.05, 4.69) is 5.32 Å². The molecule has 0 aliphatic carbocycles. The fraction of sp³-hybridized carbons (Fsp3) is 0.214. The largest absolute Gasteiger partial charge is 0.508 e. The zero-order chi connectivity index (χ0) is 13.1. The molecule has 0 aliphatic rings. The third-order valence-corrected chi connectivity index (χ3v) is 2.77. The van der Waals surface area contributed by atoms with Gasteiger partial charge in [0.1, 0.15) is 11.5 Å². The Morgan fingerprint density at radius 1 is 1.39 bits per heavy atom. The summed E-state index contributed by atoms with van der Waals surface area (Å²) in [6, 6.07) is 6.59. The number of anilines is 1. The number of rotatable bonds is 3. The lowest BCUT2D eigenvalue weighted by molar-refractivity contribution is 0.102. The molecule has 0 saturated carbocycles. The van der Waals surface area contributed by atoms with E-state index in [1.165, 1.54) is 6.26 Å². The molecule has 0 spiro atoms. The first-order chi connectivity index (χ1) is 8.61. The third kappa shape index (κ3) is 2.37. The van der Waals surface area contributed by atoms with Crippen molar-refractivity contribution in [3.63, 3.8) is 0 Å². The zero-order valence-corrected chi connectivity index (χ0v) is 10.4. The number of carbonyl (C=O) groups is 1. The molecule has 18 heavy (non-hydrogen) atoms. The Bertz CT molecular complexity index is 572. The molecule has 4 nitrogen and oxygen atoms in total. The standard InChI is InChI=1S/C14H15NO3/c1-3-13-11(6-7-18-13)14(17)15-10-4-5-12(16)9(2)8-10/h4-8,16H,3H2,1-2H3,(H,15,17). The number of phenolic OH excluding ortho intramolecular Hbond substituents is 1. The maximum absolute atomic E-state index is 12.0. The topological polar surface area (TPSA) is 62.5 Å². The molecule has 4 heteroatoms. The fourth-order valence-electron chi connectivity index (χ4n) is 1.75. The van der Waals surface area contributed by atoms with Crippen LogP contribution in [0.2, 0.25) is 0 Å². The predicted octanol–water partition coefficient (Wildman–Crippen LogP) is 3.11. The van der Waals surface area contributed by atoms with Gasteiger partial charge in [-0.25, -0.2) is 0 Å². The molecule has 1 amide bonds. The normalized spacial score (nSPS) is 10.3. The lowest BCUT2D eigenvalue weighted by Crippen LogP contribution is -2.12. The minimum absolute atomic E-state index is 0.203. The van der Waals surface area contributed by atoms with Crippen molar-refractivity contribution in [2.45, 2.75) is 20.3 Å². The van der Waals surface area contributed by atoms with E-state index in [1.54, 1.807) is 31.2 Å². The number of hydrogen-bond donors (Lipinski definition) is 2. The van der Waals surface area contributed by atoms with Crippen LogP contribution in [0.15, 0.2) is 34.9 Å². The van der Waals surface area contributed by atoms with Crippen molar-refractivity contribution in [1.29, 1.82) is 0 Å². The first kappa shape index (κ1) is 12.2. The Labute approximate surface area is 105 Å². The van der Waals surface area contributed by atoms with Crippen LogP contribution in [0.25, 0.3) is 0 Å². The SMILES string of the molecule is CCc1occc1C(=O)Nc1ccc(O)c(C)c1. The predicted molar refractivity (Wildman–Crippen MR) is 68.9 cm³/mol. The number of amides is 1. The third-order valence-electron chi connectivity index (χ3n) is 2.77. The number of aromatic hydroxyl groups is 1. The van der Waals surface area contributed by atoms with Crippen molar-refractivity contribution in [2.75, 3.05) is 5.32 Å². The van der Waals surface area contributed by atoms with Gasteiger partial charge in [-0.15, -0.1) is 0 Å². The zero-order valence-electron chi connectivity index (χ0n) is 10.4. The smallest absolute Gasteiger partial charge is 0.259 e. The van der Waals surface area contributed by atoms with E-state index in [4.69, 9.17) is 4.42 Å². The molecule has 2 aromatic rings. The van der Waals surface area contributed by atoms with E-state index < -0.39 is 0 Å². The second-order valence-corrected chi connectivity index (χ2v) is 4.07. The number of aryl methyl sites for hydroxylation is 2. The quantitative estimate of drug-likeness (QED) is 0.817. The highest BCUT2D eigenvalue weighted by molar-refractivity contribution is 6.05. The van der Waals surface area contributed by atoms with Crippen molar-refractivity contribution in [2.24, 2.45) is 0 Å². The Balaban J connectivity index is 2.19. The number of carbonyl (C=O) groups excluding carboxylic acids is 1. The van der Waals surface area contributed by atoms with E-state index in [9.17, 15) is 9.90 Å². The highest BCUT2D eigenvalue weighted by atomic mass is 16.3. The van der Waals surface area contributed by atoms with Crippen LogP contribution in [0.3, 0.4) is 0 Å². The molecule has 0 fully saturated rings. The van der Waals surface area contributed by atoms with E-state index in [0.717, 1.165) is 5.56 Å². The summed E-state index contributed by atoms with van der Waals surface area (Å²) in [5, 5.41) is 12.2. The van der Waals surface area contributed by atoms with Crippen LogP contribution in [0.4, 0.5) is 5.69 Å². The van der Waals surface area contributed by atoms with Gasteiger partial charge in [0, 0.05) is 12.1 Å². The number of hydrogen-bond acceptors (Lipinski definition) is 3. The van der Waals surface area contributed by atoms with Crippen LogP contribution in [-0.2, 0) is 6.42 Å². The van der Waals surface area contributed by atoms with Crippen LogP contribution in [0.1, 0.15) is 28.6 Å². The number of furan rings is 1. The summed E-state index contributed by atoms with van der Waals surface area (Å²) in [5.41, 5.74) is 1.91. The maximum Gasteiger partial charge on any atom is 0.259 e. The van der Waals surface area contributed by atoms with Gasteiger partial charge < -0.3 is 14.8 Å². The Kier molecular flexibility index (Phi) is 3.37. The molecular weight excluding hydrogens is 230 g/mol. The van der Waals surface area contributed by atoms with Gasteiger partial charge in [-0.1, -0.05) is 6.92 Å². The summed E-state index contributed by atoms with van der Waals surface area (Å²) >= 11 is 0. The summed E-state index contributed by atoms with van der Waals surface area (Å²) in [6.45, 7) is 3.71. The molecule has 0 bridgehead atoms. The molecule has 0 atom stereocenters. The van der Waals surface area contributed by atoms with Gasteiger partial charge in [0.25, 0.3) is 5.91 Å². The van der Waals surface area contributed by atoms with Crippen molar-refractivity contribution in [3.05, 3.63) is 47.4 Å². The summed E-state index contributed by atoms with van der Waals surface area (Å²) < 4.78 is 5.21. The average Bonchev–Trinajstić information content (AvgIpc) is 2.82. The van der Waals surface area contributed by atoms with Gasteiger partial charge >= 0.3 is 0 Å². The molecule has 0 aliphatic heterocycles. The second kappa shape index (κ2) is 4.96. The lowest BCUT2D eigenvalue weighted by Gasteiger charge is -2.06. The summed E-state index contributed by atoms with van der Waals surface area (Å²) in [7, 11) is 0. The number of benzene rings is 1. The highest BCUT2D eigenvalue weighted by Crippen LogP contribution is 2.21. The van der Waals surface area contributed by atoms with Crippen LogP contribution < -0.4 is 5.32 Å². The van der Waals surface area contributed by atoms with E-state index >= 15 is 0 Å². The van der Waals surface area contributed by atoms with Crippen LogP contribution in [-0.4, -0.2) is 11.0 Å². The first-order valence-corrected chi connectivity index (χ1v) is 5.79. The Hall–Kier alpha value is -2.23. The molecule has 2 rings (SSSR count). The molecule has 94 valence electrons. The van der Waals surface area contributed by atoms with Gasteiger partial charge in [-0.05, 0) is 36.8 Å². The van der Waals surface area contributed by atoms with E-state index in [1.807, 2.05) is 6.92 Å². The second-order valence-electron chi connectivity index (χ2n) is 4.07.